The molecule has 0 spiro atoms. The maximum Gasteiger partial charge on any atom is 0.108 e. The van der Waals surface area contributed by atoms with E-state index in [0.29, 0.717) is 12.1 Å². The fourth-order valence-electron chi connectivity index (χ4n) is 3.47. The van der Waals surface area contributed by atoms with E-state index in [-0.39, 0.29) is 5.54 Å². The molecule has 1 aliphatic rings. The van der Waals surface area contributed by atoms with Crippen molar-refractivity contribution in [2.24, 2.45) is 5.92 Å². The Labute approximate surface area is 125 Å². The molecule has 1 saturated carbocycles. The lowest BCUT2D eigenvalue weighted by Gasteiger charge is -2.42. The van der Waals surface area contributed by atoms with Crippen LogP contribution in [0.5, 0.6) is 0 Å². The van der Waals surface area contributed by atoms with Crippen LogP contribution in [-0.4, -0.2) is 36.1 Å². The third-order valence-electron chi connectivity index (χ3n) is 4.74. The highest BCUT2D eigenvalue weighted by molar-refractivity contribution is 5.11. The Balaban J connectivity index is 2.65. The van der Waals surface area contributed by atoms with Crippen LogP contribution in [0.15, 0.2) is 0 Å². The van der Waals surface area contributed by atoms with E-state index in [2.05, 4.69) is 51.0 Å². The second kappa shape index (κ2) is 8.00. The molecule has 0 amide bonds. The van der Waals surface area contributed by atoms with Gasteiger partial charge in [0.25, 0.3) is 0 Å². The van der Waals surface area contributed by atoms with Gasteiger partial charge in [-0.25, -0.2) is 0 Å². The fourth-order valence-corrected chi connectivity index (χ4v) is 3.47. The summed E-state index contributed by atoms with van der Waals surface area (Å²) in [5.41, 5.74) is -0.287. The van der Waals surface area contributed by atoms with Crippen molar-refractivity contribution in [3.63, 3.8) is 0 Å². The predicted molar refractivity (Wildman–Crippen MR) is 85.6 cm³/mol. The molecule has 0 heterocycles. The third kappa shape index (κ3) is 4.75. The van der Waals surface area contributed by atoms with Gasteiger partial charge in [-0.15, -0.1) is 0 Å². The minimum atomic E-state index is -0.287. The topological polar surface area (TPSA) is 39.1 Å². The Morgan fingerprint density at radius 3 is 2.65 bits per heavy atom. The number of nitriles is 1. The Morgan fingerprint density at radius 2 is 2.10 bits per heavy atom. The molecule has 3 atom stereocenters. The van der Waals surface area contributed by atoms with Gasteiger partial charge >= 0.3 is 0 Å². The van der Waals surface area contributed by atoms with Gasteiger partial charge in [0.1, 0.15) is 5.54 Å². The maximum absolute atomic E-state index is 9.62. The Morgan fingerprint density at radius 1 is 1.40 bits per heavy atom. The van der Waals surface area contributed by atoms with E-state index in [1.165, 1.54) is 12.8 Å². The van der Waals surface area contributed by atoms with Gasteiger partial charge in [-0.05, 0) is 65.0 Å². The lowest BCUT2D eigenvalue weighted by Crippen LogP contribution is -2.53. The summed E-state index contributed by atoms with van der Waals surface area (Å²) >= 11 is 0. The van der Waals surface area contributed by atoms with Crippen molar-refractivity contribution >= 4 is 0 Å². The van der Waals surface area contributed by atoms with Crippen LogP contribution in [0.3, 0.4) is 0 Å². The molecule has 0 saturated heterocycles. The van der Waals surface area contributed by atoms with E-state index in [9.17, 15) is 5.26 Å². The van der Waals surface area contributed by atoms with E-state index in [4.69, 9.17) is 0 Å². The number of nitrogens with one attached hydrogen (secondary N) is 1. The SMILES string of the molecule is CCCNC1(C#N)CCCC(N(C)C(C)CC(C)C)C1. The highest BCUT2D eigenvalue weighted by atomic mass is 15.2. The Hall–Kier alpha value is -0.590. The second-order valence-electron chi connectivity index (χ2n) is 7.01. The summed E-state index contributed by atoms with van der Waals surface area (Å²) in [7, 11) is 2.24. The van der Waals surface area contributed by atoms with Gasteiger partial charge < -0.3 is 4.90 Å². The highest BCUT2D eigenvalue weighted by Gasteiger charge is 2.38. The first-order valence-corrected chi connectivity index (χ1v) is 8.32. The smallest absolute Gasteiger partial charge is 0.108 e. The monoisotopic (exact) mass is 279 g/mol. The molecule has 3 nitrogen and oxygen atoms in total. The molecule has 20 heavy (non-hydrogen) atoms. The lowest BCUT2D eigenvalue weighted by atomic mass is 9.79. The summed E-state index contributed by atoms with van der Waals surface area (Å²) < 4.78 is 0. The normalized spacial score (nSPS) is 28.6. The third-order valence-corrected chi connectivity index (χ3v) is 4.74. The molecular weight excluding hydrogens is 246 g/mol. The standard InChI is InChI=1S/C17H33N3/c1-6-10-19-17(13-18)9-7-8-16(12-17)20(5)15(4)11-14(2)3/h14-16,19H,6-12H2,1-5H3. The molecule has 1 aliphatic carbocycles. The van der Waals surface area contributed by atoms with Crippen LogP contribution in [0.4, 0.5) is 0 Å². The van der Waals surface area contributed by atoms with Crippen molar-refractivity contribution in [2.75, 3.05) is 13.6 Å². The van der Waals surface area contributed by atoms with Gasteiger partial charge in [-0.2, -0.15) is 5.26 Å². The molecule has 0 aromatic heterocycles. The van der Waals surface area contributed by atoms with Crippen LogP contribution in [0, 0.1) is 17.2 Å². The molecule has 0 aliphatic heterocycles. The summed E-state index contributed by atoms with van der Waals surface area (Å²) in [5, 5.41) is 13.1. The van der Waals surface area contributed by atoms with Crippen LogP contribution in [0.25, 0.3) is 0 Å². The summed E-state index contributed by atoms with van der Waals surface area (Å²) in [6.07, 6.45) is 6.70. The van der Waals surface area contributed by atoms with Gasteiger partial charge in [0.05, 0.1) is 6.07 Å². The van der Waals surface area contributed by atoms with Crippen molar-refractivity contribution in [3.05, 3.63) is 0 Å². The average molecular weight is 279 g/mol. The van der Waals surface area contributed by atoms with E-state index in [1.807, 2.05) is 0 Å². The van der Waals surface area contributed by atoms with Gasteiger partial charge in [0.15, 0.2) is 0 Å². The summed E-state index contributed by atoms with van der Waals surface area (Å²) in [6, 6.07) is 3.72. The first kappa shape index (κ1) is 17.5. The summed E-state index contributed by atoms with van der Waals surface area (Å²) in [4.78, 5) is 2.51. The minimum absolute atomic E-state index is 0.287. The minimum Gasteiger partial charge on any atom is -0.301 e. The van der Waals surface area contributed by atoms with E-state index >= 15 is 0 Å². The molecule has 116 valence electrons. The van der Waals surface area contributed by atoms with Crippen molar-refractivity contribution < 1.29 is 0 Å². The Kier molecular flexibility index (Phi) is 6.99. The zero-order valence-corrected chi connectivity index (χ0v) is 14.1. The summed E-state index contributed by atoms with van der Waals surface area (Å²) in [6.45, 7) is 10.0. The number of nitrogens with zero attached hydrogens (tertiary/aromatic N) is 2. The van der Waals surface area contributed by atoms with Crippen molar-refractivity contribution in [2.45, 2.75) is 83.8 Å². The first-order valence-electron chi connectivity index (χ1n) is 8.32. The maximum atomic E-state index is 9.62. The highest BCUT2D eigenvalue weighted by Crippen LogP contribution is 2.32. The number of rotatable bonds is 7. The van der Waals surface area contributed by atoms with E-state index < -0.39 is 0 Å². The van der Waals surface area contributed by atoms with Crippen LogP contribution in [0.2, 0.25) is 0 Å². The molecule has 1 fully saturated rings. The second-order valence-corrected chi connectivity index (χ2v) is 7.01. The largest absolute Gasteiger partial charge is 0.301 e. The molecule has 0 aromatic rings. The molecule has 1 N–H and O–H groups in total. The zero-order chi connectivity index (χ0) is 15.2. The molecule has 0 bridgehead atoms. The molecule has 1 rings (SSSR count). The van der Waals surface area contributed by atoms with Crippen molar-refractivity contribution in [1.29, 1.82) is 5.26 Å². The molecule has 0 radical (unpaired) electrons. The van der Waals surface area contributed by atoms with Gasteiger partial charge in [0.2, 0.25) is 0 Å². The average Bonchev–Trinajstić information content (AvgIpc) is 2.43. The van der Waals surface area contributed by atoms with Crippen LogP contribution in [0.1, 0.15) is 66.2 Å². The first-order chi connectivity index (χ1) is 9.44. The lowest BCUT2D eigenvalue weighted by molar-refractivity contribution is 0.102. The van der Waals surface area contributed by atoms with Crippen LogP contribution >= 0.6 is 0 Å². The Bertz CT molecular complexity index is 321. The van der Waals surface area contributed by atoms with E-state index in [1.54, 1.807) is 0 Å². The zero-order valence-electron chi connectivity index (χ0n) is 14.1. The van der Waals surface area contributed by atoms with Gasteiger partial charge in [-0.3, -0.25) is 5.32 Å². The van der Waals surface area contributed by atoms with Gasteiger partial charge in [-0.1, -0.05) is 20.8 Å². The predicted octanol–water partition coefficient (Wildman–Crippen LogP) is 3.56. The van der Waals surface area contributed by atoms with E-state index in [0.717, 1.165) is 38.1 Å². The quantitative estimate of drug-likeness (QED) is 0.774. The summed E-state index contributed by atoms with van der Waals surface area (Å²) in [5.74, 6) is 0.731. The fraction of sp³-hybridized carbons (Fsp3) is 0.941. The number of hydrogen-bond acceptors (Lipinski definition) is 3. The van der Waals surface area contributed by atoms with Gasteiger partial charge in [0, 0.05) is 12.1 Å². The molecule has 3 heteroatoms. The molecular formula is C17H33N3. The molecule has 3 unspecified atom stereocenters. The number of hydrogen-bond donors (Lipinski definition) is 1. The van der Waals surface area contributed by atoms with Crippen LogP contribution < -0.4 is 5.32 Å². The van der Waals surface area contributed by atoms with Crippen molar-refractivity contribution in [3.8, 4) is 6.07 Å². The molecule has 0 aromatic carbocycles. The van der Waals surface area contributed by atoms with Crippen molar-refractivity contribution in [1.82, 2.24) is 10.2 Å². The van der Waals surface area contributed by atoms with Crippen LogP contribution in [-0.2, 0) is 0 Å².